The molecule has 1 atom stereocenters. The van der Waals surface area contributed by atoms with Gasteiger partial charge in [0.25, 0.3) is 5.91 Å². The van der Waals surface area contributed by atoms with Crippen molar-refractivity contribution >= 4 is 17.2 Å². The number of rotatable bonds is 4. The molecule has 1 amide bonds. The van der Waals surface area contributed by atoms with Crippen molar-refractivity contribution in [1.29, 1.82) is 0 Å². The van der Waals surface area contributed by atoms with E-state index in [-0.39, 0.29) is 17.9 Å². The maximum absolute atomic E-state index is 13.1. The summed E-state index contributed by atoms with van der Waals surface area (Å²) in [6, 6.07) is 5.71. The number of amides is 1. The van der Waals surface area contributed by atoms with Gasteiger partial charge in [-0.3, -0.25) is 9.48 Å². The van der Waals surface area contributed by atoms with Crippen molar-refractivity contribution in [1.82, 2.24) is 24.8 Å². The van der Waals surface area contributed by atoms with Crippen LogP contribution in [0.5, 0.6) is 0 Å². The Labute approximate surface area is 155 Å². The molecule has 0 aromatic carbocycles. The summed E-state index contributed by atoms with van der Waals surface area (Å²) in [6.45, 7) is 4.71. The Morgan fingerprint density at radius 2 is 2.27 bits per heavy atom. The van der Waals surface area contributed by atoms with Gasteiger partial charge in [0, 0.05) is 19.5 Å². The van der Waals surface area contributed by atoms with E-state index in [0.29, 0.717) is 24.0 Å². The fourth-order valence-corrected chi connectivity index (χ4v) is 4.03. The lowest BCUT2D eigenvalue weighted by Gasteiger charge is -2.20. The molecule has 1 aliphatic heterocycles. The van der Waals surface area contributed by atoms with Crippen LogP contribution in [-0.2, 0) is 7.05 Å². The Kier molecular flexibility index (Phi) is 4.36. The van der Waals surface area contributed by atoms with Crippen LogP contribution in [0.4, 0.5) is 0 Å². The third-order valence-electron chi connectivity index (χ3n) is 4.65. The fraction of sp³-hybridized carbons (Fsp3) is 0.444. The van der Waals surface area contributed by atoms with Crippen molar-refractivity contribution in [3.63, 3.8) is 0 Å². The molecule has 1 fully saturated rings. The summed E-state index contributed by atoms with van der Waals surface area (Å²) in [4.78, 5) is 20.5. The number of nitrogens with zero attached hydrogens (tertiary/aromatic N) is 5. The second-order valence-corrected chi connectivity index (χ2v) is 7.77. The molecule has 0 aliphatic carbocycles. The zero-order valence-electron chi connectivity index (χ0n) is 15.0. The summed E-state index contributed by atoms with van der Waals surface area (Å²) in [5, 5.41) is 10.5. The molecule has 0 saturated carbocycles. The molecule has 0 radical (unpaired) electrons. The SMILES string of the molecule is CC(C)c1noc([C@@H]2CCCN2C(=O)c2cc(-c3cccs3)n(C)n2)n1. The highest BCUT2D eigenvalue weighted by molar-refractivity contribution is 7.13. The highest BCUT2D eigenvalue weighted by Gasteiger charge is 2.35. The van der Waals surface area contributed by atoms with E-state index in [9.17, 15) is 4.79 Å². The molecule has 0 unspecified atom stereocenters. The summed E-state index contributed by atoms with van der Waals surface area (Å²) >= 11 is 1.63. The van der Waals surface area contributed by atoms with Gasteiger partial charge in [0.05, 0.1) is 10.6 Å². The van der Waals surface area contributed by atoms with Crippen LogP contribution in [0.2, 0.25) is 0 Å². The normalized spacial score (nSPS) is 17.4. The van der Waals surface area contributed by atoms with Gasteiger partial charge >= 0.3 is 0 Å². The lowest BCUT2D eigenvalue weighted by atomic mass is 10.2. The number of likely N-dealkylation sites (tertiary alicyclic amines) is 1. The Hall–Kier alpha value is -2.48. The first-order chi connectivity index (χ1) is 12.5. The van der Waals surface area contributed by atoms with E-state index in [4.69, 9.17) is 4.52 Å². The number of aromatic nitrogens is 4. The van der Waals surface area contributed by atoms with Crippen molar-refractivity contribution in [2.45, 2.75) is 38.6 Å². The van der Waals surface area contributed by atoms with Gasteiger partial charge in [-0.05, 0) is 30.4 Å². The first kappa shape index (κ1) is 17.0. The van der Waals surface area contributed by atoms with Crippen molar-refractivity contribution in [3.05, 3.63) is 41.0 Å². The monoisotopic (exact) mass is 371 g/mol. The molecule has 26 heavy (non-hydrogen) atoms. The van der Waals surface area contributed by atoms with Crippen LogP contribution in [0.25, 0.3) is 10.6 Å². The van der Waals surface area contributed by atoms with Crippen molar-refractivity contribution in [3.8, 4) is 10.6 Å². The molecule has 4 heterocycles. The molecule has 7 nitrogen and oxygen atoms in total. The second kappa shape index (κ2) is 6.68. The molecule has 1 aliphatic rings. The number of hydrogen-bond acceptors (Lipinski definition) is 6. The summed E-state index contributed by atoms with van der Waals surface area (Å²) in [7, 11) is 1.86. The van der Waals surface area contributed by atoms with Crippen molar-refractivity contribution in [2.75, 3.05) is 6.54 Å². The minimum atomic E-state index is -0.172. The maximum Gasteiger partial charge on any atom is 0.275 e. The Morgan fingerprint density at radius 1 is 1.42 bits per heavy atom. The number of carbonyl (C=O) groups excluding carboxylic acids is 1. The molecule has 8 heteroatoms. The van der Waals surface area contributed by atoms with Crippen LogP contribution in [0.15, 0.2) is 28.1 Å². The highest BCUT2D eigenvalue weighted by atomic mass is 32.1. The average molecular weight is 371 g/mol. The largest absolute Gasteiger partial charge is 0.337 e. The molecule has 0 spiro atoms. The number of aryl methyl sites for hydroxylation is 1. The van der Waals surface area contributed by atoms with Crippen molar-refractivity contribution < 1.29 is 9.32 Å². The average Bonchev–Trinajstić information content (AvgIpc) is 3.37. The minimum absolute atomic E-state index is 0.0878. The fourth-order valence-electron chi connectivity index (χ4n) is 3.26. The summed E-state index contributed by atoms with van der Waals surface area (Å²) in [6.07, 6.45) is 1.75. The van der Waals surface area contributed by atoms with Crippen molar-refractivity contribution in [2.24, 2.45) is 7.05 Å². The van der Waals surface area contributed by atoms with Crippen LogP contribution in [-0.4, -0.2) is 37.3 Å². The van der Waals surface area contributed by atoms with Crippen LogP contribution in [0.3, 0.4) is 0 Å². The predicted octanol–water partition coefficient (Wildman–Crippen LogP) is 3.63. The van der Waals surface area contributed by atoms with E-state index in [1.165, 1.54) is 0 Å². The lowest BCUT2D eigenvalue weighted by Crippen LogP contribution is -2.31. The highest BCUT2D eigenvalue weighted by Crippen LogP contribution is 2.33. The van der Waals surface area contributed by atoms with Gasteiger partial charge in [0.1, 0.15) is 6.04 Å². The van der Waals surface area contributed by atoms with Gasteiger partial charge in [-0.15, -0.1) is 11.3 Å². The molecule has 4 rings (SSSR count). The Bertz CT molecular complexity index is 912. The van der Waals surface area contributed by atoms with Gasteiger partial charge in [-0.2, -0.15) is 10.1 Å². The molecular weight excluding hydrogens is 350 g/mol. The first-order valence-electron chi connectivity index (χ1n) is 8.77. The zero-order chi connectivity index (χ0) is 18.3. The molecule has 3 aromatic rings. The van der Waals surface area contributed by atoms with E-state index < -0.39 is 0 Å². The molecular formula is C18H21N5O2S. The van der Waals surface area contributed by atoms with Crippen LogP contribution >= 0.6 is 11.3 Å². The third-order valence-corrected chi connectivity index (χ3v) is 5.54. The summed E-state index contributed by atoms with van der Waals surface area (Å²) in [5.74, 6) is 1.31. The smallest absolute Gasteiger partial charge is 0.275 e. The maximum atomic E-state index is 13.1. The minimum Gasteiger partial charge on any atom is -0.337 e. The van der Waals surface area contributed by atoms with Gasteiger partial charge in [-0.25, -0.2) is 0 Å². The van der Waals surface area contributed by atoms with Gasteiger partial charge < -0.3 is 9.42 Å². The zero-order valence-corrected chi connectivity index (χ0v) is 15.9. The molecule has 3 aromatic heterocycles. The topological polar surface area (TPSA) is 77.0 Å². The second-order valence-electron chi connectivity index (χ2n) is 6.82. The summed E-state index contributed by atoms with van der Waals surface area (Å²) in [5.41, 5.74) is 1.39. The lowest BCUT2D eigenvalue weighted by molar-refractivity contribution is 0.0703. The third kappa shape index (κ3) is 2.94. The van der Waals surface area contributed by atoms with Crippen LogP contribution in [0.1, 0.15) is 60.9 Å². The molecule has 0 bridgehead atoms. The summed E-state index contributed by atoms with van der Waals surface area (Å²) < 4.78 is 7.19. The number of hydrogen-bond donors (Lipinski definition) is 0. The van der Waals surface area contributed by atoms with E-state index in [1.807, 2.05) is 44.5 Å². The molecule has 1 saturated heterocycles. The molecule has 136 valence electrons. The van der Waals surface area contributed by atoms with Crippen LogP contribution < -0.4 is 0 Å². The van der Waals surface area contributed by atoms with E-state index in [1.54, 1.807) is 20.9 Å². The van der Waals surface area contributed by atoms with Gasteiger partial charge in [-0.1, -0.05) is 25.1 Å². The predicted molar refractivity (Wildman–Crippen MR) is 97.9 cm³/mol. The van der Waals surface area contributed by atoms with E-state index >= 15 is 0 Å². The van der Waals surface area contributed by atoms with E-state index in [2.05, 4.69) is 15.2 Å². The standard InChI is InChI=1S/C18H21N5O2S/c1-11(2)16-19-17(25-21-16)13-6-4-8-23(13)18(24)12-10-14(22(3)20-12)15-7-5-9-26-15/h5,7,9-11,13H,4,6,8H2,1-3H3/t13-/m0/s1. The quantitative estimate of drug-likeness (QED) is 0.700. The van der Waals surface area contributed by atoms with Gasteiger partial charge in [0.15, 0.2) is 11.5 Å². The Morgan fingerprint density at radius 3 is 2.96 bits per heavy atom. The molecule has 0 N–H and O–H groups in total. The van der Waals surface area contributed by atoms with E-state index in [0.717, 1.165) is 23.4 Å². The Balaban J connectivity index is 1.60. The number of thiophene rings is 1. The first-order valence-corrected chi connectivity index (χ1v) is 9.65. The van der Waals surface area contributed by atoms with Crippen LogP contribution in [0, 0.1) is 0 Å². The number of carbonyl (C=O) groups is 1. The van der Waals surface area contributed by atoms with Gasteiger partial charge in [0.2, 0.25) is 5.89 Å².